The predicted molar refractivity (Wildman–Crippen MR) is 78.8 cm³/mol. The standard InChI is InChI=1S/C12H19N3O3S2/c13-11-10(20(16,17)9-1-2-9)12(19-15-11)14-5-3-8-4-6-18-7-8/h8-9,14H,1-7H2,(H2,13,15). The summed E-state index contributed by atoms with van der Waals surface area (Å²) in [5.41, 5.74) is 5.75. The maximum Gasteiger partial charge on any atom is 0.187 e. The lowest BCUT2D eigenvalue weighted by atomic mass is 10.1. The third kappa shape index (κ3) is 2.77. The summed E-state index contributed by atoms with van der Waals surface area (Å²) in [6.07, 6.45) is 3.52. The van der Waals surface area contributed by atoms with E-state index in [0.29, 0.717) is 10.9 Å². The Morgan fingerprint density at radius 2 is 2.20 bits per heavy atom. The van der Waals surface area contributed by atoms with E-state index in [2.05, 4.69) is 9.69 Å². The zero-order chi connectivity index (χ0) is 14.2. The molecule has 0 bridgehead atoms. The molecule has 1 aliphatic carbocycles. The van der Waals surface area contributed by atoms with Crippen LogP contribution < -0.4 is 11.1 Å². The third-order valence-electron chi connectivity index (χ3n) is 3.78. The first kappa shape index (κ1) is 14.1. The molecule has 8 heteroatoms. The van der Waals surface area contributed by atoms with Gasteiger partial charge in [-0.1, -0.05) is 0 Å². The number of aromatic nitrogens is 1. The van der Waals surface area contributed by atoms with E-state index in [4.69, 9.17) is 10.5 Å². The van der Waals surface area contributed by atoms with Crippen LogP contribution in [-0.4, -0.2) is 37.8 Å². The molecule has 1 aromatic rings. The normalized spacial score (nSPS) is 23.1. The van der Waals surface area contributed by atoms with Gasteiger partial charge in [0.15, 0.2) is 15.7 Å². The Labute approximate surface area is 122 Å². The number of ether oxygens (including phenoxy) is 1. The highest BCUT2D eigenvalue weighted by atomic mass is 32.2. The Bertz CT molecular complexity index is 575. The smallest absolute Gasteiger partial charge is 0.187 e. The first-order valence-corrected chi connectivity index (χ1v) is 9.21. The molecular weight excluding hydrogens is 298 g/mol. The number of nitrogens with two attached hydrogens (primary N) is 1. The van der Waals surface area contributed by atoms with Gasteiger partial charge in [0.25, 0.3) is 0 Å². The molecule has 1 saturated heterocycles. The van der Waals surface area contributed by atoms with E-state index >= 15 is 0 Å². The molecule has 2 fully saturated rings. The monoisotopic (exact) mass is 317 g/mol. The van der Waals surface area contributed by atoms with Crippen molar-refractivity contribution in [1.29, 1.82) is 0 Å². The minimum absolute atomic E-state index is 0.133. The number of nitrogen functional groups attached to an aromatic ring is 1. The predicted octanol–water partition coefficient (Wildman–Crippen LogP) is 1.50. The molecule has 2 aliphatic rings. The van der Waals surface area contributed by atoms with Crippen LogP contribution in [0.4, 0.5) is 10.8 Å². The van der Waals surface area contributed by atoms with Gasteiger partial charge in [-0.3, -0.25) is 0 Å². The molecule has 0 aromatic carbocycles. The largest absolute Gasteiger partial charge is 0.382 e. The number of nitrogens with zero attached hydrogens (tertiary/aromatic N) is 1. The van der Waals surface area contributed by atoms with Crippen molar-refractivity contribution >= 4 is 32.2 Å². The number of anilines is 2. The van der Waals surface area contributed by atoms with Crippen molar-refractivity contribution in [3.8, 4) is 0 Å². The van der Waals surface area contributed by atoms with Gasteiger partial charge in [0.1, 0.15) is 9.90 Å². The van der Waals surface area contributed by atoms with Crippen LogP contribution in [0.15, 0.2) is 4.90 Å². The molecule has 0 spiro atoms. The molecule has 1 unspecified atom stereocenters. The Kier molecular flexibility index (Phi) is 3.87. The molecule has 6 nitrogen and oxygen atoms in total. The quantitative estimate of drug-likeness (QED) is 0.825. The Morgan fingerprint density at radius 1 is 1.40 bits per heavy atom. The van der Waals surface area contributed by atoms with E-state index in [0.717, 1.165) is 57.0 Å². The van der Waals surface area contributed by atoms with E-state index in [1.807, 2.05) is 0 Å². The van der Waals surface area contributed by atoms with Gasteiger partial charge in [-0.2, -0.15) is 4.37 Å². The van der Waals surface area contributed by atoms with E-state index in [9.17, 15) is 8.42 Å². The highest BCUT2D eigenvalue weighted by Crippen LogP contribution is 2.41. The maximum atomic E-state index is 12.3. The highest BCUT2D eigenvalue weighted by Gasteiger charge is 2.40. The summed E-state index contributed by atoms with van der Waals surface area (Å²) in [4.78, 5) is 0.215. The van der Waals surface area contributed by atoms with Gasteiger partial charge >= 0.3 is 0 Å². The van der Waals surface area contributed by atoms with Crippen LogP contribution >= 0.6 is 11.5 Å². The third-order valence-corrected chi connectivity index (χ3v) is 7.06. The molecule has 112 valence electrons. The van der Waals surface area contributed by atoms with Crippen LogP contribution in [0, 0.1) is 5.92 Å². The average molecular weight is 317 g/mol. The van der Waals surface area contributed by atoms with Crippen LogP contribution in [0.1, 0.15) is 25.7 Å². The molecule has 0 radical (unpaired) electrons. The van der Waals surface area contributed by atoms with Gasteiger partial charge < -0.3 is 15.8 Å². The fourth-order valence-corrected chi connectivity index (χ4v) is 5.34. The second kappa shape index (κ2) is 5.50. The zero-order valence-corrected chi connectivity index (χ0v) is 12.8. The molecule has 3 N–H and O–H groups in total. The molecule has 20 heavy (non-hydrogen) atoms. The number of hydrogen-bond acceptors (Lipinski definition) is 7. The summed E-state index contributed by atoms with van der Waals surface area (Å²) in [7, 11) is -3.30. The maximum absolute atomic E-state index is 12.3. The number of sulfone groups is 1. The van der Waals surface area contributed by atoms with Crippen molar-refractivity contribution in [3.63, 3.8) is 0 Å². The van der Waals surface area contributed by atoms with Crippen molar-refractivity contribution in [2.24, 2.45) is 5.92 Å². The van der Waals surface area contributed by atoms with Crippen LogP contribution in [0.2, 0.25) is 0 Å². The van der Waals surface area contributed by atoms with Crippen LogP contribution in [0.5, 0.6) is 0 Å². The van der Waals surface area contributed by atoms with Gasteiger partial charge in [0, 0.05) is 19.8 Å². The first-order valence-electron chi connectivity index (χ1n) is 6.89. The second-order valence-corrected chi connectivity index (χ2v) is 8.35. The average Bonchev–Trinajstić information content (AvgIpc) is 3.03. The van der Waals surface area contributed by atoms with Gasteiger partial charge in [0.05, 0.1) is 5.25 Å². The molecular formula is C12H19N3O3S2. The van der Waals surface area contributed by atoms with Crippen molar-refractivity contribution < 1.29 is 13.2 Å². The Balaban J connectivity index is 1.67. The minimum atomic E-state index is -3.30. The summed E-state index contributed by atoms with van der Waals surface area (Å²) in [5.74, 6) is 0.699. The van der Waals surface area contributed by atoms with Gasteiger partial charge in [-0.25, -0.2) is 8.42 Å². The van der Waals surface area contributed by atoms with Gasteiger partial charge in [0.2, 0.25) is 0 Å². The topological polar surface area (TPSA) is 94.3 Å². The lowest BCUT2D eigenvalue weighted by Gasteiger charge is -2.10. The van der Waals surface area contributed by atoms with Gasteiger partial charge in [-0.05, 0) is 43.1 Å². The van der Waals surface area contributed by atoms with Crippen LogP contribution in [0.3, 0.4) is 0 Å². The van der Waals surface area contributed by atoms with Crippen LogP contribution in [0.25, 0.3) is 0 Å². The number of rotatable bonds is 6. The molecule has 3 rings (SSSR count). The SMILES string of the molecule is Nc1nsc(NCCC2CCOC2)c1S(=O)(=O)C1CC1. The van der Waals surface area contributed by atoms with Crippen LogP contribution in [-0.2, 0) is 14.6 Å². The summed E-state index contributed by atoms with van der Waals surface area (Å²) in [5, 5.41) is 3.52. The van der Waals surface area contributed by atoms with E-state index < -0.39 is 9.84 Å². The zero-order valence-electron chi connectivity index (χ0n) is 11.2. The van der Waals surface area contributed by atoms with Crippen molar-refractivity contribution in [3.05, 3.63) is 0 Å². The number of nitrogens with one attached hydrogen (secondary N) is 1. The van der Waals surface area contributed by atoms with Crippen molar-refractivity contribution in [2.75, 3.05) is 30.8 Å². The Hall–Kier alpha value is -0.860. The number of hydrogen-bond donors (Lipinski definition) is 2. The molecule has 1 saturated carbocycles. The fourth-order valence-electron chi connectivity index (χ4n) is 2.43. The second-order valence-electron chi connectivity index (χ2n) is 5.42. The Morgan fingerprint density at radius 3 is 2.85 bits per heavy atom. The molecule has 0 amide bonds. The summed E-state index contributed by atoms with van der Waals surface area (Å²) < 4.78 is 34.0. The van der Waals surface area contributed by atoms with Crippen molar-refractivity contribution in [2.45, 2.75) is 35.8 Å². The summed E-state index contributed by atoms with van der Waals surface area (Å²) in [6, 6.07) is 0. The minimum Gasteiger partial charge on any atom is -0.382 e. The van der Waals surface area contributed by atoms with E-state index in [1.54, 1.807) is 0 Å². The van der Waals surface area contributed by atoms with E-state index in [-0.39, 0.29) is 16.0 Å². The first-order chi connectivity index (χ1) is 9.59. The summed E-state index contributed by atoms with van der Waals surface area (Å²) >= 11 is 1.13. The highest BCUT2D eigenvalue weighted by molar-refractivity contribution is 7.92. The molecule has 2 heterocycles. The van der Waals surface area contributed by atoms with Gasteiger partial charge in [-0.15, -0.1) is 0 Å². The van der Waals surface area contributed by atoms with Crippen molar-refractivity contribution in [1.82, 2.24) is 4.37 Å². The molecule has 1 atom stereocenters. The molecule has 1 aromatic heterocycles. The fraction of sp³-hybridized carbons (Fsp3) is 0.750. The lowest BCUT2D eigenvalue weighted by molar-refractivity contribution is 0.185. The van der Waals surface area contributed by atoms with E-state index in [1.165, 1.54) is 0 Å². The lowest BCUT2D eigenvalue weighted by Crippen LogP contribution is -2.13. The molecule has 1 aliphatic heterocycles. The summed E-state index contributed by atoms with van der Waals surface area (Å²) in [6.45, 7) is 2.36.